The smallest absolute Gasteiger partial charge is 0.212 e. The molecule has 0 aliphatic heterocycles. The summed E-state index contributed by atoms with van der Waals surface area (Å²) in [5, 5.41) is 0. The number of aromatic nitrogens is 1. The Hall–Kier alpha value is -2.20. The van der Waals surface area contributed by atoms with Gasteiger partial charge in [-0.15, -0.1) is 0 Å². The third-order valence-electron chi connectivity index (χ3n) is 3.27. The Labute approximate surface area is 116 Å². The molecular weight excluding hydrogens is 255 g/mol. The van der Waals surface area contributed by atoms with Crippen LogP contribution in [0.15, 0.2) is 52.9 Å². The molecule has 3 nitrogen and oxygen atoms in total. The molecule has 3 aromatic rings. The van der Waals surface area contributed by atoms with Gasteiger partial charge in [-0.1, -0.05) is 30.3 Å². The second-order valence-electron chi connectivity index (χ2n) is 4.79. The first-order valence-electron chi connectivity index (χ1n) is 6.58. The molecule has 0 radical (unpaired) electrons. The Morgan fingerprint density at radius 1 is 1.15 bits per heavy atom. The molecule has 0 fully saturated rings. The molecule has 20 heavy (non-hydrogen) atoms. The standard InChI is InChI=1S/C16H15FN2O/c17-12-7-9-15-14(10-12)19-16(20-15)13(18)8-6-11-4-2-1-3-5-11/h1-5,7,9-10,13H,6,8,18H2. The van der Waals surface area contributed by atoms with E-state index in [2.05, 4.69) is 17.1 Å². The summed E-state index contributed by atoms with van der Waals surface area (Å²) >= 11 is 0. The van der Waals surface area contributed by atoms with E-state index in [9.17, 15) is 4.39 Å². The van der Waals surface area contributed by atoms with Gasteiger partial charge >= 0.3 is 0 Å². The first-order chi connectivity index (χ1) is 9.72. The molecule has 102 valence electrons. The lowest BCUT2D eigenvalue weighted by atomic mass is 10.1. The van der Waals surface area contributed by atoms with Crippen LogP contribution in [0.25, 0.3) is 11.1 Å². The summed E-state index contributed by atoms with van der Waals surface area (Å²) < 4.78 is 18.7. The van der Waals surface area contributed by atoms with Crippen molar-refractivity contribution in [3.8, 4) is 0 Å². The zero-order chi connectivity index (χ0) is 13.9. The molecule has 0 aliphatic rings. The summed E-state index contributed by atoms with van der Waals surface area (Å²) in [5.41, 5.74) is 8.40. The highest BCUT2D eigenvalue weighted by Gasteiger charge is 2.14. The fraction of sp³-hybridized carbons (Fsp3) is 0.188. The van der Waals surface area contributed by atoms with Gasteiger partial charge in [-0.3, -0.25) is 0 Å². The minimum Gasteiger partial charge on any atom is -0.439 e. The SMILES string of the molecule is NC(CCc1ccccc1)c1nc2cc(F)ccc2o1. The lowest BCUT2D eigenvalue weighted by Gasteiger charge is -2.06. The zero-order valence-corrected chi connectivity index (χ0v) is 10.9. The summed E-state index contributed by atoms with van der Waals surface area (Å²) in [7, 11) is 0. The third kappa shape index (κ3) is 2.70. The summed E-state index contributed by atoms with van der Waals surface area (Å²) in [6.45, 7) is 0. The Balaban J connectivity index is 1.73. The molecule has 1 atom stereocenters. The molecule has 0 saturated heterocycles. The summed E-state index contributed by atoms with van der Waals surface area (Å²) in [4.78, 5) is 4.25. The predicted molar refractivity (Wildman–Crippen MR) is 75.7 cm³/mol. The Morgan fingerprint density at radius 3 is 2.75 bits per heavy atom. The van der Waals surface area contributed by atoms with E-state index >= 15 is 0 Å². The highest BCUT2D eigenvalue weighted by atomic mass is 19.1. The molecule has 0 bridgehead atoms. The van der Waals surface area contributed by atoms with Crippen molar-refractivity contribution in [1.29, 1.82) is 0 Å². The van der Waals surface area contributed by atoms with Gasteiger partial charge in [0.1, 0.15) is 11.3 Å². The van der Waals surface area contributed by atoms with E-state index in [0.717, 1.165) is 12.8 Å². The van der Waals surface area contributed by atoms with Crippen LogP contribution in [0.2, 0.25) is 0 Å². The molecule has 0 amide bonds. The molecule has 0 spiro atoms. The summed E-state index contributed by atoms with van der Waals surface area (Å²) in [6, 6.07) is 14.1. The highest BCUT2D eigenvalue weighted by molar-refractivity contribution is 5.72. The van der Waals surface area contributed by atoms with E-state index in [-0.39, 0.29) is 11.9 Å². The lowest BCUT2D eigenvalue weighted by molar-refractivity contribution is 0.459. The van der Waals surface area contributed by atoms with E-state index in [4.69, 9.17) is 10.2 Å². The number of nitrogens with zero attached hydrogens (tertiary/aromatic N) is 1. The number of hydrogen-bond acceptors (Lipinski definition) is 3. The fourth-order valence-electron chi connectivity index (χ4n) is 2.17. The van der Waals surface area contributed by atoms with Gasteiger partial charge in [0.2, 0.25) is 5.89 Å². The Kier molecular flexibility index (Phi) is 3.48. The van der Waals surface area contributed by atoms with Gasteiger partial charge in [-0.25, -0.2) is 9.37 Å². The van der Waals surface area contributed by atoms with Crippen LogP contribution in [0.5, 0.6) is 0 Å². The number of rotatable bonds is 4. The number of nitrogens with two attached hydrogens (primary N) is 1. The number of aryl methyl sites for hydroxylation is 1. The largest absolute Gasteiger partial charge is 0.439 e. The van der Waals surface area contributed by atoms with Crippen molar-refractivity contribution in [2.75, 3.05) is 0 Å². The van der Waals surface area contributed by atoms with Gasteiger partial charge in [0.25, 0.3) is 0 Å². The molecule has 0 aliphatic carbocycles. The third-order valence-corrected chi connectivity index (χ3v) is 3.27. The van der Waals surface area contributed by atoms with E-state index in [1.54, 1.807) is 6.07 Å². The molecule has 1 aromatic heterocycles. The maximum Gasteiger partial charge on any atom is 0.212 e. The lowest BCUT2D eigenvalue weighted by Crippen LogP contribution is -2.11. The fourth-order valence-corrected chi connectivity index (χ4v) is 2.17. The summed E-state index contributed by atoms with van der Waals surface area (Å²) in [6.07, 6.45) is 1.59. The van der Waals surface area contributed by atoms with E-state index in [1.165, 1.54) is 17.7 Å². The van der Waals surface area contributed by atoms with Gasteiger partial charge in [0.05, 0.1) is 6.04 Å². The molecule has 2 aromatic carbocycles. The minimum absolute atomic E-state index is 0.286. The van der Waals surface area contributed by atoms with Crippen molar-refractivity contribution >= 4 is 11.1 Å². The number of hydrogen-bond donors (Lipinski definition) is 1. The van der Waals surface area contributed by atoms with E-state index in [1.807, 2.05) is 18.2 Å². The van der Waals surface area contributed by atoms with Gasteiger partial charge in [0, 0.05) is 6.07 Å². The van der Waals surface area contributed by atoms with Gasteiger partial charge in [-0.05, 0) is 30.5 Å². The normalized spacial score (nSPS) is 12.7. The number of halogens is 1. The molecule has 0 saturated carbocycles. The van der Waals surface area contributed by atoms with Crippen molar-refractivity contribution in [3.05, 3.63) is 65.8 Å². The van der Waals surface area contributed by atoms with Crippen LogP contribution in [-0.2, 0) is 6.42 Å². The van der Waals surface area contributed by atoms with Crippen molar-refractivity contribution < 1.29 is 8.81 Å². The average molecular weight is 270 g/mol. The number of benzene rings is 2. The minimum atomic E-state index is -0.324. The van der Waals surface area contributed by atoms with Gasteiger partial charge < -0.3 is 10.2 Å². The monoisotopic (exact) mass is 270 g/mol. The van der Waals surface area contributed by atoms with Crippen molar-refractivity contribution in [3.63, 3.8) is 0 Å². The Morgan fingerprint density at radius 2 is 1.95 bits per heavy atom. The van der Waals surface area contributed by atoms with Gasteiger partial charge in [0.15, 0.2) is 5.58 Å². The van der Waals surface area contributed by atoms with Crippen LogP contribution in [0.1, 0.15) is 23.9 Å². The molecule has 1 heterocycles. The van der Waals surface area contributed by atoms with Gasteiger partial charge in [-0.2, -0.15) is 0 Å². The van der Waals surface area contributed by atoms with Crippen LogP contribution < -0.4 is 5.73 Å². The van der Waals surface area contributed by atoms with Crippen LogP contribution >= 0.6 is 0 Å². The second kappa shape index (κ2) is 5.43. The molecule has 4 heteroatoms. The van der Waals surface area contributed by atoms with E-state index in [0.29, 0.717) is 17.0 Å². The first-order valence-corrected chi connectivity index (χ1v) is 6.58. The molecule has 1 unspecified atom stereocenters. The highest BCUT2D eigenvalue weighted by Crippen LogP contribution is 2.22. The average Bonchev–Trinajstić information content (AvgIpc) is 2.89. The van der Waals surface area contributed by atoms with Crippen molar-refractivity contribution in [1.82, 2.24) is 4.98 Å². The van der Waals surface area contributed by atoms with Crippen molar-refractivity contribution in [2.24, 2.45) is 5.73 Å². The number of fused-ring (bicyclic) bond motifs is 1. The number of oxazole rings is 1. The van der Waals surface area contributed by atoms with E-state index < -0.39 is 0 Å². The van der Waals surface area contributed by atoms with Crippen LogP contribution in [0.4, 0.5) is 4.39 Å². The Bertz CT molecular complexity index is 709. The van der Waals surface area contributed by atoms with Crippen LogP contribution in [-0.4, -0.2) is 4.98 Å². The van der Waals surface area contributed by atoms with Crippen LogP contribution in [0, 0.1) is 5.82 Å². The maximum atomic E-state index is 13.1. The molecule has 3 rings (SSSR count). The molecular formula is C16H15FN2O. The summed E-state index contributed by atoms with van der Waals surface area (Å²) in [5.74, 6) is 0.136. The maximum absolute atomic E-state index is 13.1. The molecule has 2 N–H and O–H groups in total. The van der Waals surface area contributed by atoms with Crippen LogP contribution in [0.3, 0.4) is 0 Å². The topological polar surface area (TPSA) is 52.0 Å². The second-order valence-corrected chi connectivity index (χ2v) is 4.79. The van der Waals surface area contributed by atoms with Crippen molar-refractivity contribution in [2.45, 2.75) is 18.9 Å². The predicted octanol–water partition coefficient (Wildman–Crippen LogP) is 3.60. The zero-order valence-electron chi connectivity index (χ0n) is 10.9. The quantitative estimate of drug-likeness (QED) is 0.788. The first kappa shape index (κ1) is 12.8.